The van der Waals surface area contributed by atoms with Gasteiger partial charge in [0.1, 0.15) is 0 Å². The van der Waals surface area contributed by atoms with Crippen LogP contribution in [0.5, 0.6) is 0 Å². The second kappa shape index (κ2) is 11.1. The van der Waals surface area contributed by atoms with Gasteiger partial charge in [0.05, 0.1) is 0 Å². The summed E-state index contributed by atoms with van der Waals surface area (Å²) in [6.07, 6.45) is 14.8. The van der Waals surface area contributed by atoms with E-state index in [1.54, 1.807) is 18.0 Å². The van der Waals surface area contributed by atoms with E-state index >= 15 is 0 Å². The summed E-state index contributed by atoms with van der Waals surface area (Å²) in [4.78, 5) is 18.9. The van der Waals surface area contributed by atoms with Gasteiger partial charge in [-0.1, -0.05) is 17.7 Å². The summed E-state index contributed by atoms with van der Waals surface area (Å²) in [5, 5.41) is 6.73. The number of carbonyl (C=O) groups is 1. The summed E-state index contributed by atoms with van der Waals surface area (Å²) in [7, 11) is 0. The quantitative estimate of drug-likeness (QED) is 0.622. The van der Waals surface area contributed by atoms with Crippen molar-refractivity contribution in [2.75, 3.05) is 24.5 Å². The lowest BCUT2D eigenvalue weighted by Crippen LogP contribution is -2.42. The van der Waals surface area contributed by atoms with E-state index in [4.69, 9.17) is 0 Å². The highest BCUT2D eigenvalue weighted by atomic mass is 16.1. The lowest BCUT2D eigenvalue weighted by atomic mass is 9.97. The van der Waals surface area contributed by atoms with Crippen molar-refractivity contribution in [1.82, 2.24) is 15.6 Å². The largest absolute Gasteiger partial charge is 0.371 e. The molecule has 1 aliphatic carbocycles. The normalized spacial score (nSPS) is 17.3. The van der Waals surface area contributed by atoms with Crippen LogP contribution >= 0.6 is 0 Å². The number of benzene rings is 1. The molecule has 1 saturated heterocycles. The van der Waals surface area contributed by atoms with Gasteiger partial charge in [-0.2, -0.15) is 0 Å². The molecule has 2 aromatic rings. The molecule has 5 heteroatoms. The van der Waals surface area contributed by atoms with Gasteiger partial charge in [-0.3, -0.25) is 9.78 Å². The Bertz CT molecular complexity index is 855. The maximum Gasteiger partial charge on any atom is 0.251 e. The Labute approximate surface area is 186 Å². The second-order valence-corrected chi connectivity index (χ2v) is 8.66. The molecule has 0 radical (unpaired) electrons. The van der Waals surface area contributed by atoms with Crippen molar-refractivity contribution in [2.24, 2.45) is 0 Å². The highest BCUT2D eigenvalue weighted by Crippen LogP contribution is 2.22. The average Bonchev–Trinajstić information content (AvgIpc) is 2.84. The Hall–Kier alpha value is -2.66. The molecule has 0 atom stereocenters. The molecule has 1 aromatic carbocycles. The Balaban J connectivity index is 1.19. The highest BCUT2D eigenvalue weighted by Gasteiger charge is 2.19. The number of nitrogens with one attached hydrogen (secondary N) is 2. The molecule has 5 nitrogen and oxygen atoms in total. The van der Waals surface area contributed by atoms with Gasteiger partial charge in [-0.05, 0) is 87.4 Å². The van der Waals surface area contributed by atoms with Gasteiger partial charge in [-0.15, -0.1) is 0 Å². The predicted molar refractivity (Wildman–Crippen MR) is 126 cm³/mol. The molecule has 0 spiro atoms. The van der Waals surface area contributed by atoms with E-state index in [9.17, 15) is 4.79 Å². The van der Waals surface area contributed by atoms with Crippen LogP contribution in [0.25, 0.3) is 0 Å². The molecule has 164 valence electrons. The number of rotatable bonds is 8. The Morgan fingerprint density at radius 3 is 2.65 bits per heavy atom. The van der Waals surface area contributed by atoms with Crippen molar-refractivity contribution in [3.8, 4) is 0 Å². The number of carbonyl (C=O) groups excluding carboxylic acids is 1. The monoisotopic (exact) mass is 418 g/mol. The van der Waals surface area contributed by atoms with Crippen LogP contribution in [0.3, 0.4) is 0 Å². The van der Waals surface area contributed by atoms with E-state index in [-0.39, 0.29) is 5.91 Å². The van der Waals surface area contributed by atoms with Crippen molar-refractivity contribution >= 4 is 11.6 Å². The fraction of sp³-hybridized carbons (Fsp3) is 0.462. The lowest BCUT2D eigenvalue weighted by Gasteiger charge is -2.34. The zero-order valence-corrected chi connectivity index (χ0v) is 18.4. The smallest absolute Gasteiger partial charge is 0.251 e. The van der Waals surface area contributed by atoms with Crippen molar-refractivity contribution in [2.45, 2.75) is 57.5 Å². The minimum absolute atomic E-state index is 0.0496. The summed E-state index contributed by atoms with van der Waals surface area (Å²) in [6, 6.07) is 12.5. The fourth-order valence-corrected chi connectivity index (χ4v) is 4.52. The second-order valence-electron chi connectivity index (χ2n) is 8.66. The van der Waals surface area contributed by atoms with Gasteiger partial charge in [-0.25, -0.2) is 0 Å². The van der Waals surface area contributed by atoms with Gasteiger partial charge >= 0.3 is 0 Å². The van der Waals surface area contributed by atoms with Crippen molar-refractivity contribution in [3.05, 3.63) is 71.6 Å². The first-order valence-corrected chi connectivity index (χ1v) is 11.7. The number of aromatic nitrogens is 1. The molecule has 1 aliphatic heterocycles. The third kappa shape index (κ3) is 6.41. The van der Waals surface area contributed by atoms with E-state index in [1.165, 1.54) is 50.6 Å². The summed E-state index contributed by atoms with van der Waals surface area (Å²) in [5.74, 6) is -0.0496. The molecular weight excluding hydrogens is 384 g/mol. The van der Waals surface area contributed by atoms with E-state index in [0.717, 1.165) is 25.2 Å². The minimum atomic E-state index is -0.0496. The molecule has 1 aromatic heterocycles. The van der Waals surface area contributed by atoms with Crippen LogP contribution in [0.15, 0.2) is 60.4 Å². The topological polar surface area (TPSA) is 57.3 Å². The van der Waals surface area contributed by atoms with Gasteiger partial charge < -0.3 is 15.5 Å². The molecular formula is C26H34N4O. The molecule has 31 heavy (non-hydrogen) atoms. The first-order valence-electron chi connectivity index (χ1n) is 11.7. The van der Waals surface area contributed by atoms with Gasteiger partial charge in [0.2, 0.25) is 0 Å². The highest BCUT2D eigenvalue weighted by molar-refractivity contribution is 5.94. The van der Waals surface area contributed by atoms with Crippen LogP contribution in [0.4, 0.5) is 5.69 Å². The fourth-order valence-electron chi connectivity index (χ4n) is 4.52. The molecule has 1 amide bonds. The SMILES string of the molecule is O=C(NCc1cccnc1)c1ccc(N2CCC(NCCC3=CCCCC3)CC2)cc1. The number of pyridine rings is 1. The first kappa shape index (κ1) is 21.6. The maximum absolute atomic E-state index is 12.4. The summed E-state index contributed by atoms with van der Waals surface area (Å²) >= 11 is 0. The maximum atomic E-state index is 12.4. The van der Waals surface area contributed by atoms with E-state index in [0.29, 0.717) is 18.2 Å². The van der Waals surface area contributed by atoms with Crippen LogP contribution in [0.1, 0.15) is 60.9 Å². The third-order valence-corrected chi connectivity index (χ3v) is 6.43. The Kier molecular flexibility index (Phi) is 7.72. The average molecular weight is 419 g/mol. The summed E-state index contributed by atoms with van der Waals surface area (Å²) < 4.78 is 0. The van der Waals surface area contributed by atoms with Crippen molar-refractivity contribution in [1.29, 1.82) is 0 Å². The minimum Gasteiger partial charge on any atom is -0.371 e. The molecule has 4 rings (SSSR count). The summed E-state index contributed by atoms with van der Waals surface area (Å²) in [5.41, 5.74) is 4.55. The van der Waals surface area contributed by atoms with Gasteiger partial charge in [0.15, 0.2) is 0 Å². The molecule has 2 N–H and O–H groups in total. The van der Waals surface area contributed by atoms with Gasteiger partial charge in [0, 0.05) is 49.3 Å². The third-order valence-electron chi connectivity index (χ3n) is 6.43. The van der Waals surface area contributed by atoms with Crippen LogP contribution < -0.4 is 15.5 Å². The Morgan fingerprint density at radius 2 is 1.94 bits per heavy atom. The number of hydrogen-bond acceptors (Lipinski definition) is 4. The van der Waals surface area contributed by atoms with Gasteiger partial charge in [0.25, 0.3) is 5.91 Å². The zero-order valence-electron chi connectivity index (χ0n) is 18.4. The molecule has 0 bridgehead atoms. The first-order chi connectivity index (χ1) is 15.3. The standard InChI is InChI=1S/C26H34N4O/c31-26(29-20-22-7-4-15-27-19-22)23-8-10-25(11-9-23)30-17-13-24(14-18-30)28-16-12-21-5-2-1-3-6-21/h4-5,7-11,15,19,24,28H,1-3,6,12-14,16-18,20H2,(H,29,31). The lowest BCUT2D eigenvalue weighted by molar-refractivity contribution is 0.0951. The van der Waals surface area contributed by atoms with E-state index in [1.807, 2.05) is 24.3 Å². The van der Waals surface area contributed by atoms with Crippen molar-refractivity contribution < 1.29 is 4.79 Å². The number of allylic oxidation sites excluding steroid dienone is 1. The number of anilines is 1. The number of piperidine rings is 1. The summed E-state index contributed by atoms with van der Waals surface area (Å²) in [6.45, 7) is 3.73. The number of amides is 1. The molecule has 1 fully saturated rings. The predicted octanol–water partition coefficient (Wildman–Crippen LogP) is 4.46. The zero-order chi connectivity index (χ0) is 21.3. The van der Waals surface area contributed by atoms with Crippen LogP contribution in [-0.2, 0) is 6.54 Å². The van der Waals surface area contributed by atoms with Crippen LogP contribution in [0, 0.1) is 0 Å². The van der Waals surface area contributed by atoms with E-state index < -0.39 is 0 Å². The molecule has 2 heterocycles. The molecule has 0 unspecified atom stereocenters. The number of nitrogens with zero attached hydrogens (tertiary/aromatic N) is 2. The van der Waals surface area contributed by atoms with Crippen LogP contribution in [0.2, 0.25) is 0 Å². The van der Waals surface area contributed by atoms with E-state index in [2.05, 4.69) is 38.7 Å². The molecule has 2 aliphatic rings. The van der Waals surface area contributed by atoms with Crippen molar-refractivity contribution in [3.63, 3.8) is 0 Å². The Morgan fingerprint density at radius 1 is 1.10 bits per heavy atom. The van der Waals surface area contributed by atoms with Crippen LogP contribution in [-0.4, -0.2) is 36.6 Å². The molecule has 0 saturated carbocycles. The number of hydrogen-bond donors (Lipinski definition) is 2.